The van der Waals surface area contributed by atoms with E-state index in [0.717, 1.165) is 48.5 Å². The number of fused-ring (bicyclic) bond motifs is 2. The molecule has 1 N–H and O–H groups in total. The lowest BCUT2D eigenvalue weighted by molar-refractivity contribution is -0.121. The summed E-state index contributed by atoms with van der Waals surface area (Å²) in [6.45, 7) is 5.32. The van der Waals surface area contributed by atoms with Crippen LogP contribution in [0, 0.1) is 0 Å². The normalized spacial score (nSPS) is 16.5. The van der Waals surface area contributed by atoms with E-state index < -0.39 is 0 Å². The van der Waals surface area contributed by atoms with Gasteiger partial charge in [0.25, 0.3) is 5.91 Å². The highest BCUT2D eigenvalue weighted by molar-refractivity contribution is 7.99. The fraction of sp³-hybridized carbons (Fsp3) is 0.409. The van der Waals surface area contributed by atoms with Crippen molar-refractivity contribution in [3.05, 3.63) is 48.2 Å². The number of pyridine rings is 1. The molecule has 0 atom stereocenters. The first-order valence-corrected chi connectivity index (χ1v) is 11.1. The van der Waals surface area contributed by atoms with Gasteiger partial charge in [-0.1, -0.05) is 23.9 Å². The van der Waals surface area contributed by atoms with Crippen molar-refractivity contribution in [3.63, 3.8) is 0 Å². The number of nitrogens with one attached hydrogen (secondary N) is 1. The van der Waals surface area contributed by atoms with Gasteiger partial charge in [-0.2, -0.15) is 0 Å². The minimum atomic E-state index is -0.0664. The molecule has 4 rings (SSSR count). The maximum atomic E-state index is 13.2. The number of carbonyl (C=O) groups is 2. The highest BCUT2D eigenvalue weighted by Gasteiger charge is 2.27. The molecule has 1 aromatic heterocycles. The van der Waals surface area contributed by atoms with Crippen molar-refractivity contribution in [1.82, 2.24) is 15.2 Å². The van der Waals surface area contributed by atoms with Crippen LogP contribution in [0.3, 0.4) is 0 Å². The van der Waals surface area contributed by atoms with Gasteiger partial charge in [0.2, 0.25) is 5.91 Å². The van der Waals surface area contributed by atoms with Crippen LogP contribution in [0.5, 0.6) is 0 Å². The molecule has 1 saturated heterocycles. The Morgan fingerprint density at radius 1 is 1.13 bits per heavy atom. The molecule has 0 unspecified atom stereocenters. The maximum absolute atomic E-state index is 13.2. The Morgan fingerprint density at radius 2 is 1.97 bits per heavy atom. The van der Waals surface area contributed by atoms with Gasteiger partial charge in [0.05, 0.1) is 24.5 Å². The van der Waals surface area contributed by atoms with E-state index in [1.165, 1.54) is 11.8 Å². The number of nitrogens with zero attached hydrogens (tertiary/aromatic N) is 3. The van der Waals surface area contributed by atoms with Crippen molar-refractivity contribution in [2.45, 2.75) is 22.8 Å². The van der Waals surface area contributed by atoms with Gasteiger partial charge in [-0.15, -0.1) is 0 Å². The highest BCUT2D eigenvalue weighted by atomic mass is 32.2. The van der Waals surface area contributed by atoms with Crippen LogP contribution < -0.4 is 10.2 Å². The average molecular weight is 427 g/mol. The molecule has 0 radical (unpaired) electrons. The number of hydrogen-bond donors (Lipinski definition) is 1. The third kappa shape index (κ3) is 5.00. The molecule has 8 heteroatoms. The Kier molecular flexibility index (Phi) is 6.99. The van der Waals surface area contributed by atoms with Gasteiger partial charge in [0.1, 0.15) is 5.03 Å². The summed E-state index contributed by atoms with van der Waals surface area (Å²) in [4.78, 5) is 34.9. The second-order valence-electron chi connectivity index (χ2n) is 7.29. The lowest BCUT2D eigenvalue weighted by Gasteiger charge is -2.26. The predicted molar refractivity (Wildman–Crippen MR) is 116 cm³/mol. The van der Waals surface area contributed by atoms with Crippen molar-refractivity contribution < 1.29 is 14.3 Å². The molecular formula is C22H26N4O3S. The molecule has 0 bridgehead atoms. The van der Waals surface area contributed by atoms with Crippen LogP contribution in [0.4, 0.5) is 5.69 Å². The van der Waals surface area contributed by atoms with E-state index in [4.69, 9.17) is 4.74 Å². The number of morpholine rings is 1. The Hall–Kier alpha value is -2.42. The predicted octanol–water partition coefficient (Wildman–Crippen LogP) is 2.42. The van der Waals surface area contributed by atoms with Gasteiger partial charge in [0.15, 0.2) is 0 Å². The summed E-state index contributed by atoms with van der Waals surface area (Å²) in [6, 6.07) is 11.4. The summed E-state index contributed by atoms with van der Waals surface area (Å²) in [5, 5.41) is 3.71. The number of anilines is 1. The number of hydrogen-bond acceptors (Lipinski definition) is 6. The summed E-state index contributed by atoms with van der Waals surface area (Å²) >= 11 is 1.51. The lowest BCUT2D eigenvalue weighted by Crippen LogP contribution is -2.41. The zero-order valence-electron chi connectivity index (χ0n) is 16.9. The third-order valence-electron chi connectivity index (χ3n) is 5.25. The smallest absolute Gasteiger partial charge is 0.261 e. The number of carbonyl (C=O) groups excluding carboxylic acids is 2. The van der Waals surface area contributed by atoms with Crippen molar-refractivity contribution in [2.75, 3.05) is 50.8 Å². The van der Waals surface area contributed by atoms with E-state index in [1.54, 1.807) is 17.2 Å². The fourth-order valence-corrected chi connectivity index (χ4v) is 4.66. The van der Waals surface area contributed by atoms with Crippen molar-refractivity contribution in [3.8, 4) is 0 Å². The van der Waals surface area contributed by atoms with E-state index in [-0.39, 0.29) is 11.8 Å². The van der Waals surface area contributed by atoms with Crippen LogP contribution in [0.2, 0.25) is 0 Å². The van der Waals surface area contributed by atoms with Gasteiger partial charge < -0.3 is 15.0 Å². The van der Waals surface area contributed by atoms with Gasteiger partial charge >= 0.3 is 0 Å². The molecule has 158 valence electrons. The molecule has 7 nitrogen and oxygen atoms in total. The number of aromatic nitrogens is 1. The van der Waals surface area contributed by atoms with Crippen LogP contribution in [0.1, 0.15) is 23.2 Å². The minimum absolute atomic E-state index is 0.0234. The second kappa shape index (κ2) is 10.1. The van der Waals surface area contributed by atoms with Crippen LogP contribution in [-0.4, -0.2) is 67.6 Å². The largest absolute Gasteiger partial charge is 0.379 e. The zero-order valence-corrected chi connectivity index (χ0v) is 17.7. The molecule has 2 aliphatic rings. The molecular weight excluding hydrogens is 400 g/mol. The standard InChI is InChI=1S/C22H26N4O3S/c27-20(23-10-12-25-13-15-29-16-14-25)8-4-11-26-18-6-1-2-7-19(18)30-21-17(22(26)28)5-3-9-24-21/h1-3,5-7,9H,4,8,10-16H2,(H,23,27). The van der Waals surface area contributed by atoms with Crippen LogP contribution in [0.15, 0.2) is 52.5 Å². The number of amides is 2. The first-order valence-electron chi connectivity index (χ1n) is 10.3. The van der Waals surface area contributed by atoms with Crippen LogP contribution in [-0.2, 0) is 9.53 Å². The van der Waals surface area contributed by atoms with Crippen molar-refractivity contribution >= 4 is 29.3 Å². The van der Waals surface area contributed by atoms with E-state index in [0.29, 0.717) is 31.5 Å². The van der Waals surface area contributed by atoms with Gasteiger partial charge in [-0.25, -0.2) is 4.98 Å². The van der Waals surface area contributed by atoms with Crippen molar-refractivity contribution in [2.24, 2.45) is 0 Å². The second-order valence-corrected chi connectivity index (χ2v) is 8.32. The number of ether oxygens (including phenoxy) is 1. The summed E-state index contributed by atoms with van der Waals surface area (Å²) in [5.74, 6) is -0.0430. The molecule has 1 fully saturated rings. The van der Waals surface area contributed by atoms with Gasteiger partial charge in [-0.3, -0.25) is 14.5 Å². The molecule has 30 heavy (non-hydrogen) atoms. The zero-order chi connectivity index (χ0) is 20.8. The molecule has 0 spiro atoms. The van der Waals surface area contributed by atoms with E-state index in [1.807, 2.05) is 30.3 Å². The molecule has 2 aliphatic heterocycles. The molecule has 1 aromatic carbocycles. The Labute approximate surface area is 180 Å². The first-order chi connectivity index (χ1) is 14.7. The Morgan fingerprint density at radius 3 is 2.83 bits per heavy atom. The first kappa shape index (κ1) is 20.8. The van der Waals surface area contributed by atoms with E-state index in [2.05, 4.69) is 15.2 Å². The summed E-state index contributed by atoms with van der Waals surface area (Å²) < 4.78 is 5.34. The third-order valence-corrected chi connectivity index (χ3v) is 6.33. The van der Waals surface area contributed by atoms with Crippen LogP contribution >= 0.6 is 11.8 Å². The minimum Gasteiger partial charge on any atom is -0.379 e. The van der Waals surface area contributed by atoms with Crippen molar-refractivity contribution in [1.29, 1.82) is 0 Å². The molecule has 0 aliphatic carbocycles. The number of para-hydroxylation sites is 1. The van der Waals surface area contributed by atoms with E-state index >= 15 is 0 Å². The monoisotopic (exact) mass is 426 g/mol. The van der Waals surface area contributed by atoms with E-state index in [9.17, 15) is 9.59 Å². The van der Waals surface area contributed by atoms with Gasteiger partial charge in [0, 0.05) is 50.2 Å². The van der Waals surface area contributed by atoms with Gasteiger partial charge in [-0.05, 0) is 30.7 Å². The fourth-order valence-electron chi connectivity index (χ4n) is 3.65. The molecule has 2 amide bonds. The average Bonchev–Trinajstić information content (AvgIpc) is 2.89. The molecule has 2 aromatic rings. The lowest BCUT2D eigenvalue weighted by atomic mass is 10.2. The molecule has 0 saturated carbocycles. The summed E-state index contributed by atoms with van der Waals surface area (Å²) in [6.07, 6.45) is 2.70. The number of benzene rings is 1. The quantitative estimate of drug-likeness (QED) is 0.733. The highest BCUT2D eigenvalue weighted by Crippen LogP contribution is 2.40. The molecule has 3 heterocycles. The Balaban J connectivity index is 1.33. The summed E-state index contributed by atoms with van der Waals surface area (Å²) in [7, 11) is 0. The number of rotatable bonds is 7. The van der Waals surface area contributed by atoms with Crippen LogP contribution in [0.25, 0.3) is 0 Å². The maximum Gasteiger partial charge on any atom is 0.261 e. The Bertz CT molecular complexity index is 901. The summed E-state index contributed by atoms with van der Waals surface area (Å²) in [5.41, 5.74) is 1.48. The SMILES string of the molecule is O=C(CCCN1C(=O)c2cccnc2Sc2ccccc21)NCCN1CCOCC1. The topological polar surface area (TPSA) is 74.8 Å².